The molecule has 0 aliphatic carbocycles. The van der Waals surface area contributed by atoms with Crippen LogP contribution in [-0.4, -0.2) is 49.8 Å². The normalized spacial score (nSPS) is 12.1. The van der Waals surface area contributed by atoms with E-state index < -0.39 is 12.0 Å². The van der Waals surface area contributed by atoms with Gasteiger partial charge in [-0.05, 0) is 18.4 Å². The van der Waals surface area contributed by atoms with Crippen molar-refractivity contribution in [3.8, 4) is 0 Å². The molecule has 100 valence electrons. The second-order valence-corrected chi connectivity index (χ2v) is 4.63. The lowest BCUT2D eigenvalue weighted by atomic mass is 10.2. The van der Waals surface area contributed by atoms with E-state index in [0.29, 0.717) is 18.7 Å². The number of hydrogen-bond acceptors (Lipinski definition) is 5. The van der Waals surface area contributed by atoms with Crippen molar-refractivity contribution in [1.82, 2.24) is 20.1 Å². The first-order valence-electron chi connectivity index (χ1n) is 5.47. The van der Waals surface area contributed by atoms with Crippen molar-refractivity contribution in [2.75, 3.05) is 12.0 Å². The summed E-state index contributed by atoms with van der Waals surface area (Å²) in [5.41, 5.74) is 0. The highest BCUT2D eigenvalue weighted by Gasteiger charge is 2.18. The number of aliphatic carboxylic acids is 1. The van der Waals surface area contributed by atoms with E-state index in [1.165, 1.54) is 17.3 Å². The number of amides is 1. The molecule has 1 atom stereocenters. The first kappa shape index (κ1) is 14.5. The summed E-state index contributed by atoms with van der Waals surface area (Å²) in [6, 6.07) is -0.819. The maximum atomic E-state index is 11.6. The molecule has 8 heteroatoms. The van der Waals surface area contributed by atoms with Crippen LogP contribution in [0.5, 0.6) is 0 Å². The molecule has 0 radical (unpaired) electrons. The average molecular weight is 272 g/mol. The molecule has 0 aliphatic heterocycles. The number of nitrogens with one attached hydrogen (secondary N) is 1. The second-order valence-electron chi connectivity index (χ2n) is 3.65. The zero-order chi connectivity index (χ0) is 13.4. The molecule has 1 aromatic rings. The molecular weight excluding hydrogens is 256 g/mol. The van der Waals surface area contributed by atoms with Crippen LogP contribution in [0.3, 0.4) is 0 Å². The lowest BCUT2D eigenvalue weighted by Crippen LogP contribution is -2.41. The standard InChI is InChI=1S/C10H16N4O3S/c1-18-5-3-8(10(16)17)13-9(15)2-4-14-7-11-6-12-14/h6-8H,2-5H2,1H3,(H,13,15)(H,16,17). The van der Waals surface area contributed by atoms with Gasteiger partial charge in [-0.3, -0.25) is 9.48 Å². The number of hydrogen-bond donors (Lipinski definition) is 2. The van der Waals surface area contributed by atoms with Crippen LogP contribution >= 0.6 is 11.8 Å². The Balaban J connectivity index is 2.34. The predicted molar refractivity (Wildman–Crippen MR) is 67.2 cm³/mol. The molecule has 0 aliphatic rings. The zero-order valence-corrected chi connectivity index (χ0v) is 10.9. The van der Waals surface area contributed by atoms with Crippen LogP contribution in [0.15, 0.2) is 12.7 Å². The Kier molecular flexibility index (Phi) is 6.20. The zero-order valence-electron chi connectivity index (χ0n) is 10.1. The van der Waals surface area contributed by atoms with E-state index in [-0.39, 0.29) is 12.3 Å². The molecule has 18 heavy (non-hydrogen) atoms. The van der Waals surface area contributed by atoms with Crippen LogP contribution in [0.1, 0.15) is 12.8 Å². The number of carbonyl (C=O) groups is 2. The summed E-state index contributed by atoms with van der Waals surface area (Å²) in [6.45, 7) is 0.390. The third-order valence-corrected chi connectivity index (χ3v) is 2.92. The van der Waals surface area contributed by atoms with Gasteiger partial charge < -0.3 is 10.4 Å². The van der Waals surface area contributed by atoms with Crippen molar-refractivity contribution in [2.45, 2.75) is 25.4 Å². The molecule has 0 bridgehead atoms. The van der Waals surface area contributed by atoms with Crippen molar-refractivity contribution in [1.29, 1.82) is 0 Å². The van der Waals surface area contributed by atoms with Crippen LogP contribution in [0, 0.1) is 0 Å². The minimum absolute atomic E-state index is 0.187. The van der Waals surface area contributed by atoms with E-state index in [1.807, 2.05) is 6.26 Å². The summed E-state index contributed by atoms with van der Waals surface area (Å²) in [6.07, 6.45) is 5.40. The van der Waals surface area contributed by atoms with E-state index in [2.05, 4.69) is 15.4 Å². The van der Waals surface area contributed by atoms with Gasteiger partial charge in [0.15, 0.2) is 0 Å². The van der Waals surface area contributed by atoms with Crippen molar-refractivity contribution < 1.29 is 14.7 Å². The lowest BCUT2D eigenvalue weighted by molar-refractivity contribution is -0.141. The quantitative estimate of drug-likeness (QED) is 0.691. The molecule has 1 unspecified atom stereocenters. The Labute approximate surface area is 109 Å². The average Bonchev–Trinajstić information content (AvgIpc) is 2.84. The molecule has 7 nitrogen and oxygen atoms in total. The van der Waals surface area contributed by atoms with Crippen LogP contribution in [0.2, 0.25) is 0 Å². The summed E-state index contributed by atoms with van der Waals surface area (Å²) >= 11 is 1.55. The molecule has 0 saturated heterocycles. The van der Waals surface area contributed by atoms with Crippen molar-refractivity contribution >= 4 is 23.6 Å². The Morgan fingerprint density at radius 3 is 2.89 bits per heavy atom. The summed E-state index contributed by atoms with van der Waals surface area (Å²) in [4.78, 5) is 26.2. The smallest absolute Gasteiger partial charge is 0.326 e. The van der Waals surface area contributed by atoms with E-state index in [4.69, 9.17) is 5.11 Å². The van der Waals surface area contributed by atoms with Gasteiger partial charge in [0.2, 0.25) is 5.91 Å². The molecule has 1 amide bonds. The number of nitrogens with zero attached hydrogens (tertiary/aromatic N) is 3. The van der Waals surface area contributed by atoms with Crippen molar-refractivity contribution in [3.05, 3.63) is 12.7 Å². The number of aryl methyl sites for hydroxylation is 1. The fourth-order valence-electron chi connectivity index (χ4n) is 1.32. The minimum atomic E-state index is -1.00. The molecule has 0 fully saturated rings. The van der Waals surface area contributed by atoms with Gasteiger partial charge in [0.25, 0.3) is 0 Å². The third-order valence-electron chi connectivity index (χ3n) is 2.28. The summed E-state index contributed by atoms with van der Waals surface area (Å²) in [5, 5.41) is 15.3. The summed E-state index contributed by atoms with van der Waals surface area (Å²) < 4.78 is 1.53. The van der Waals surface area contributed by atoms with Crippen molar-refractivity contribution in [2.24, 2.45) is 0 Å². The summed E-state index contributed by atoms with van der Waals surface area (Å²) in [5.74, 6) is -0.600. The van der Waals surface area contributed by atoms with Crippen molar-refractivity contribution in [3.63, 3.8) is 0 Å². The number of carboxylic acid groups (broad SMARTS) is 1. The molecule has 1 heterocycles. The maximum Gasteiger partial charge on any atom is 0.326 e. The predicted octanol–water partition coefficient (Wildman–Crippen LogP) is -0.00930. The highest BCUT2D eigenvalue weighted by atomic mass is 32.2. The second kappa shape index (κ2) is 7.70. The van der Waals surface area contributed by atoms with Crippen LogP contribution in [-0.2, 0) is 16.1 Å². The van der Waals surface area contributed by atoms with Gasteiger partial charge in [-0.2, -0.15) is 16.9 Å². The van der Waals surface area contributed by atoms with Gasteiger partial charge in [0.05, 0.1) is 6.54 Å². The first-order valence-corrected chi connectivity index (χ1v) is 6.86. The number of thioether (sulfide) groups is 1. The fraction of sp³-hybridized carbons (Fsp3) is 0.600. The maximum absolute atomic E-state index is 11.6. The van der Waals surface area contributed by atoms with Gasteiger partial charge in [0.1, 0.15) is 18.7 Å². The first-order chi connectivity index (χ1) is 8.63. The Hall–Kier alpha value is -1.57. The van der Waals surface area contributed by atoms with Gasteiger partial charge in [-0.1, -0.05) is 0 Å². The Morgan fingerprint density at radius 1 is 1.56 bits per heavy atom. The third kappa shape index (κ3) is 5.17. The molecule has 0 saturated carbocycles. The summed E-state index contributed by atoms with van der Waals surface area (Å²) in [7, 11) is 0. The van der Waals surface area contributed by atoms with E-state index in [9.17, 15) is 9.59 Å². The molecule has 0 aromatic carbocycles. The monoisotopic (exact) mass is 272 g/mol. The SMILES string of the molecule is CSCCC(NC(=O)CCn1cncn1)C(=O)O. The number of carbonyl (C=O) groups excluding carboxylic acids is 1. The molecule has 2 N–H and O–H groups in total. The van der Waals surface area contributed by atoms with E-state index in [1.54, 1.807) is 11.8 Å². The van der Waals surface area contributed by atoms with Gasteiger partial charge in [-0.25, -0.2) is 9.78 Å². The Bertz CT molecular complexity index is 382. The van der Waals surface area contributed by atoms with Gasteiger partial charge >= 0.3 is 5.97 Å². The fourth-order valence-corrected chi connectivity index (χ4v) is 1.80. The molecule has 1 aromatic heterocycles. The minimum Gasteiger partial charge on any atom is -0.480 e. The van der Waals surface area contributed by atoms with Crippen LogP contribution in [0.4, 0.5) is 0 Å². The number of rotatable bonds is 8. The lowest BCUT2D eigenvalue weighted by Gasteiger charge is -2.13. The van der Waals surface area contributed by atoms with E-state index >= 15 is 0 Å². The van der Waals surface area contributed by atoms with Gasteiger partial charge in [-0.15, -0.1) is 0 Å². The largest absolute Gasteiger partial charge is 0.480 e. The molecular formula is C10H16N4O3S. The Morgan fingerprint density at radius 2 is 2.33 bits per heavy atom. The number of aromatic nitrogens is 3. The molecule has 0 spiro atoms. The highest BCUT2D eigenvalue weighted by molar-refractivity contribution is 7.98. The topological polar surface area (TPSA) is 97.1 Å². The molecule has 1 rings (SSSR count). The van der Waals surface area contributed by atoms with Crippen LogP contribution in [0.25, 0.3) is 0 Å². The van der Waals surface area contributed by atoms with Crippen LogP contribution < -0.4 is 5.32 Å². The highest BCUT2D eigenvalue weighted by Crippen LogP contribution is 2.01. The number of carboxylic acids is 1. The van der Waals surface area contributed by atoms with Gasteiger partial charge in [0, 0.05) is 6.42 Å². The van der Waals surface area contributed by atoms with E-state index in [0.717, 1.165) is 0 Å².